The Kier molecular flexibility index (Phi) is 5.19. The number of halogens is 1. The van der Waals surface area contributed by atoms with Crippen LogP contribution < -0.4 is 5.32 Å². The van der Waals surface area contributed by atoms with Crippen LogP contribution in [0.4, 0.5) is 4.39 Å². The number of nitrogens with one attached hydrogen (secondary N) is 1. The standard InChI is InChI=1S/C16H15FN2O3/c1-22-16(21)12-6-7-18-14(9-12)10-19-15(20)8-11-2-4-13(17)5-3-11/h2-7,9H,8,10H2,1H3,(H,19,20). The van der Waals surface area contributed by atoms with Gasteiger partial charge >= 0.3 is 5.97 Å². The molecule has 2 rings (SSSR count). The number of methoxy groups -OCH3 is 1. The first-order chi connectivity index (χ1) is 10.6. The van der Waals surface area contributed by atoms with Crippen molar-refractivity contribution in [1.82, 2.24) is 10.3 Å². The van der Waals surface area contributed by atoms with E-state index in [1.807, 2.05) is 0 Å². The van der Waals surface area contributed by atoms with Crippen molar-refractivity contribution in [2.75, 3.05) is 7.11 Å². The highest BCUT2D eigenvalue weighted by molar-refractivity contribution is 5.89. The molecule has 2 aromatic rings. The molecule has 0 unspecified atom stereocenters. The Morgan fingerprint density at radius 1 is 1.23 bits per heavy atom. The maximum atomic E-state index is 12.8. The minimum atomic E-state index is -0.457. The number of rotatable bonds is 5. The lowest BCUT2D eigenvalue weighted by Gasteiger charge is -2.06. The SMILES string of the molecule is COC(=O)c1ccnc(CNC(=O)Cc2ccc(F)cc2)c1. The zero-order valence-electron chi connectivity index (χ0n) is 12.0. The fourth-order valence-corrected chi connectivity index (χ4v) is 1.86. The minimum absolute atomic E-state index is 0.150. The summed E-state index contributed by atoms with van der Waals surface area (Å²) >= 11 is 0. The predicted octanol–water partition coefficient (Wildman–Crippen LogP) is 1.87. The van der Waals surface area contributed by atoms with Crippen LogP contribution in [0.2, 0.25) is 0 Å². The van der Waals surface area contributed by atoms with E-state index in [9.17, 15) is 14.0 Å². The maximum absolute atomic E-state index is 12.8. The molecule has 0 atom stereocenters. The van der Waals surface area contributed by atoms with Crippen molar-refractivity contribution >= 4 is 11.9 Å². The Labute approximate surface area is 127 Å². The van der Waals surface area contributed by atoms with E-state index in [0.29, 0.717) is 11.3 Å². The Morgan fingerprint density at radius 2 is 1.95 bits per heavy atom. The summed E-state index contributed by atoms with van der Waals surface area (Å²) in [6.07, 6.45) is 1.63. The zero-order valence-corrected chi connectivity index (χ0v) is 12.0. The number of amides is 1. The second-order valence-corrected chi connectivity index (χ2v) is 4.61. The van der Waals surface area contributed by atoms with Gasteiger partial charge in [0.2, 0.25) is 5.91 Å². The molecule has 114 valence electrons. The molecule has 1 heterocycles. The molecule has 1 amide bonds. The van der Waals surface area contributed by atoms with Gasteiger partial charge in [-0.05, 0) is 29.8 Å². The van der Waals surface area contributed by atoms with Gasteiger partial charge < -0.3 is 10.1 Å². The largest absolute Gasteiger partial charge is 0.465 e. The van der Waals surface area contributed by atoms with Gasteiger partial charge in [-0.2, -0.15) is 0 Å². The highest BCUT2D eigenvalue weighted by atomic mass is 19.1. The summed E-state index contributed by atoms with van der Waals surface area (Å²) < 4.78 is 17.4. The highest BCUT2D eigenvalue weighted by Crippen LogP contribution is 2.05. The van der Waals surface area contributed by atoms with Crippen LogP contribution in [0.15, 0.2) is 42.6 Å². The molecule has 0 aliphatic rings. The molecular formula is C16H15FN2O3. The number of benzene rings is 1. The molecule has 0 saturated carbocycles. The molecule has 1 N–H and O–H groups in total. The molecule has 1 aromatic carbocycles. The normalized spacial score (nSPS) is 10.1. The summed E-state index contributed by atoms with van der Waals surface area (Å²) in [6, 6.07) is 8.84. The van der Waals surface area contributed by atoms with Crippen LogP contribution in [0, 0.1) is 5.82 Å². The Bertz CT molecular complexity index is 671. The summed E-state index contributed by atoms with van der Waals surface area (Å²) in [5, 5.41) is 2.70. The van der Waals surface area contributed by atoms with E-state index in [0.717, 1.165) is 5.56 Å². The number of carbonyl (C=O) groups is 2. The predicted molar refractivity (Wildman–Crippen MR) is 77.5 cm³/mol. The number of carbonyl (C=O) groups excluding carboxylic acids is 2. The summed E-state index contributed by atoms with van der Waals surface area (Å²) in [5.74, 6) is -1.01. The van der Waals surface area contributed by atoms with E-state index in [-0.39, 0.29) is 24.7 Å². The van der Waals surface area contributed by atoms with Crippen molar-refractivity contribution in [2.24, 2.45) is 0 Å². The van der Waals surface area contributed by atoms with Gasteiger partial charge in [-0.3, -0.25) is 9.78 Å². The lowest BCUT2D eigenvalue weighted by molar-refractivity contribution is -0.120. The van der Waals surface area contributed by atoms with Crippen LogP contribution >= 0.6 is 0 Å². The third kappa shape index (κ3) is 4.37. The zero-order chi connectivity index (χ0) is 15.9. The second-order valence-electron chi connectivity index (χ2n) is 4.61. The first-order valence-corrected chi connectivity index (χ1v) is 6.63. The van der Waals surface area contributed by atoms with Gasteiger partial charge in [0.25, 0.3) is 0 Å². The first kappa shape index (κ1) is 15.6. The smallest absolute Gasteiger partial charge is 0.337 e. The molecule has 0 saturated heterocycles. The van der Waals surface area contributed by atoms with Crippen LogP contribution in [0.3, 0.4) is 0 Å². The molecule has 1 aromatic heterocycles. The van der Waals surface area contributed by atoms with Gasteiger partial charge in [-0.1, -0.05) is 12.1 Å². The van der Waals surface area contributed by atoms with Crippen molar-refractivity contribution in [3.8, 4) is 0 Å². The van der Waals surface area contributed by atoms with E-state index < -0.39 is 5.97 Å². The average molecular weight is 302 g/mol. The van der Waals surface area contributed by atoms with Crippen molar-refractivity contribution in [3.63, 3.8) is 0 Å². The Hall–Kier alpha value is -2.76. The van der Waals surface area contributed by atoms with E-state index in [1.165, 1.54) is 31.5 Å². The third-order valence-electron chi connectivity index (χ3n) is 2.98. The number of ether oxygens (including phenoxy) is 1. The average Bonchev–Trinajstić information content (AvgIpc) is 2.54. The van der Waals surface area contributed by atoms with Gasteiger partial charge in [-0.25, -0.2) is 9.18 Å². The lowest BCUT2D eigenvalue weighted by Crippen LogP contribution is -2.25. The van der Waals surface area contributed by atoms with Crippen LogP contribution in [-0.4, -0.2) is 24.0 Å². The van der Waals surface area contributed by atoms with Crippen LogP contribution in [-0.2, 0) is 22.5 Å². The van der Waals surface area contributed by atoms with Gasteiger partial charge in [0.05, 0.1) is 31.3 Å². The van der Waals surface area contributed by atoms with Crippen molar-refractivity contribution in [2.45, 2.75) is 13.0 Å². The van der Waals surface area contributed by atoms with Crippen LogP contribution in [0.25, 0.3) is 0 Å². The van der Waals surface area contributed by atoms with Gasteiger partial charge in [0.15, 0.2) is 0 Å². The molecule has 6 heteroatoms. The molecule has 0 fully saturated rings. The number of hydrogen-bond acceptors (Lipinski definition) is 4. The fraction of sp³-hybridized carbons (Fsp3) is 0.188. The minimum Gasteiger partial charge on any atom is -0.465 e. The Morgan fingerprint density at radius 3 is 2.64 bits per heavy atom. The number of esters is 1. The van der Waals surface area contributed by atoms with Crippen molar-refractivity contribution in [1.29, 1.82) is 0 Å². The molecule has 22 heavy (non-hydrogen) atoms. The number of hydrogen-bond donors (Lipinski definition) is 1. The lowest BCUT2D eigenvalue weighted by atomic mass is 10.1. The van der Waals surface area contributed by atoms with E-state index in [2.05, 4.69) is 15.0 Å². The molecular weight excluding hydrogens is 287 g/mol. The number of nitrogens with zero attached hydrogens (tertiary/aromatic N) is 1. The first-order valence-electron chi connectivity index (χ1n) is 6.63. The highest BCUT2D eigenvalue weighted by Gasteiger charge is 2.08. The fourth-order valence-electron chi connectivity index (χ4n) is 1.86. The number of pyridine rings is 1. The van der Waals surface area contributed by atoms with E-state index >= 15 is 0 Å². The third-order valence-corrected chi connectivity index (χ3v) is 2.98. The summed E-state index contributed by atoms with van der Waals surface area (Å²) in [4.78, 5) is 27.3. The van der Waals surface area contributed by atoms with Crippen molar-refractivity contribution < 1.29 is 18.7 Å². The summed E-state index contributed by atoms with van der Waals surface area (Å²) in [5.41, 5.74) is 1.64. The molecule has 0 spiro atoms. The second kappa shape index (κ2) is 7.31. The summed E-state index contributed by atoms with van der Waals surface area (Å²) in [7, 11) is 1.30. The molecule has 0 aliphatic heterocycles. The van der Waals surface area contributed by atoms with Gasteiger partial charge in [-0.15, -0.1) is 0 Å². The van der Waals surface area contributed by atoms with Crippen LogP contribution in [0.5, 0.6) is 0 Å². The Balaban J connectivity index is 1.91. The topological polar surface area (TPSA) is 68.3 Å². The maximum Gasteiger partial charge on any atom is 0.337 e. The van der Waals surface area contributed by atoms with Crippen molar-refractivity contribution in [3.05, 3.63) is 65.2 Å². The van der Waals surface area contributed by atoms with Crippen LogP contribution in [0.1, 0.15) is 21.6 Å². The molecule has 0 aliphatic carbocycles. The molecule has 0 radical (unpaired) electrons. The monoisotopic (exact) mass is 302 g/mol. The van der Waals surface area contributed by atoms with Gasteiger partial charge in [0.1, 0.15) is 5.82 Å². The molecule has 0 bridgehead atoms. The number of aromatic nitrogens is 1. The van der Waals surface area contributed by atoms with E-state index in [1.54, 1.807) is 18.2 Å². The quantitative estimate of drug-likeness (QED) is 0.856. The van der Waals surface area contributed by atoms with Gasteiger partial charge in [0, 0.05) is 6.20 Å². The summed E-state index contributed by atoms with van der Waals surface area (Å²) in [6.45, 7) is 0.199. The molecule has 5 nitrogen and oxygen atoms in total. The van der Waals surface area contributed by atoms with E-state index in [4.69, 9.17) is 0 Å².